The summed E-state index contributed by atoms with van der Waals surface area (Å²) in [5, 5.41) is 13.8. The molecule has 0 saturated carbocycles. The Labute approximate surface area is 62.8 Å². The molecule has 0 unspecified atom stereocenters. The molecular weight excluding hydrogens is 146 g/mol. The molecule has 0 aromatic carbocycles. The van der Waals surface area contributed by atoms with Gasteiger partial charge < -0.3 is 14.9 Å². The Balaban J connectivity index is 2.64. The minimum absolute atomic E-state index is 0.250. The average molecular weight is 153 g/mol. The largest absolute Gasteiger partial charge is 0.459 e. The summed E-state index contributed by atoms with van der Waals surface area (Å²) in [6.07, 6.45) is 1.41. The third kappa shape index (κ3) is 1.82. The first-order chi connectivity index (χ1) is 5.20. The van der Waals surface area contributed by atoms with E-state index in [1.807, 2.05) is 0 Å². The zero-order valence-electron chi connectivity index (χ0n) is 5.63. The number of rotatable bonds is 1. The molecule has 0 aliphatic carbocycles. The minimum atomic E-state index is -0.522. The van der Waals surface area contributed by atoms with Crippen molar-refractivity contribution in [1.29, 1.82) is 10.8 Å². The Hall–Kier alpha value is -1.78. The summed E-state index contributed by atoms with van der Waals surface area (Å²) in [4.78, 5) is 0. The summed E-state index contributed by atoms with van der Waals surface area (Å²) in [6.45, 7) is 0. The molecule has 0 aliphatic rings. The lowest BCUT2D eigenvalue weighted by molar-refractivity contribution is 0.481. The van der Waals surface area contributed by atoms with Crippen LogP contribution in [0, 0.1) is 10.8 Å². The highest BCUT2D eigenvalue weighted by atomic mass is 16.5. The second kappa shape index (κ2) is 2.87. The van der Waals surface area contributed by atoms with Gasteiger partial charge in [0, 0.05) is 0 Å². The maximum Gasteiger partial charge on any atom is 0.286 e. The topological polar surface area (TPSA) is 96.1 Å². The maximum atomic E-state index is 7.14. The molecule has 11 heavy (non-hydrogen) atoms. The van der Waals surface area contributed by atoms with E-state index >= 15 is 0 Å². The second-order valence-electron chi connectivity index (χ2n) is 1.77. The number of hydrogen-bond acceptors (Lipinski definition) is 4. The lowest BCUT2D eigenvalue weighted by atomic mass is 10.4. The molecular formula is C6H7N3O2. The van der Waals surface area contributed by atoms with Crippen molar-refractivity contribution >= 4 is 11.9 Å². The van der Waals surface area contributed by atoms with Crippen molar-refractivity contribution in [2.75, 3.05) is 0 Å². The molecule has 58 valence electrons. The first-order valence-corrected chi connectivity index (χ1v) is 2.84. The molecule has 0 saturated heterocycles. The van der Waals surface area contributed by atoms with Gasteiger partial charge in [0.05, 0.1) is 6.26 Å². The van der Waals surface area contributed by atoms with Crippen LogP contribution in [-0.2, 0) is 4.74 Å². The smallest absolute Gasteiger partial charge is 0.286 e. The van der Waals surface area contributed by atoms with Crippen molar-refractivity contribution in [1.82, 2.24) is 0 Å². The van der Waals surface area contributed by atoms with Crippen molar-refractivity contribution in [3.05, 3.63) is 24.2 Å². The number of hydrogen-bond donors (Lipinski definition) is 3. The predicted molar refractivity (Wildman–Crippen MR) is 38.5 cm³/mol. The molecule has 0 atom stereocenters. The van der Waals surface area contributed by atoms with E-state index in [-0.39, 0.29) is 11.7 Å². The second-order valence-corrected chi connectivity index (χ2v) is 1.77. The standard InChI is InChI=1S/C6H7N3O2/c7-5(11-6(8)9)4-2-1-3-10-4/h1-3,7H,(H3,8,9). The van der Waals surface area contributed by atoms with Crippen molar-refractivity contribution in [2.24, 2.45) is 5.73 Å². The molecule has 0 amide bonds. The first kappa shape index (κ1) is 7.33. The van der Waals surface area contributed by atoms with Crippen LogP contribution in [-0.4, -0.2) is 11.9 Å². The van der Waals surface area contributed by atoms with Crippen molar-refractivity contribution in [3.63, 3.8) is 0 Å². The fraction of sp³-hybridized carbons (Fsp3) is 0. The van der Waals surface area contributed by atoms with Gasteiger partial charge in [0.15, 0.2) is 5.76 Å². The van der Waals surface area contributed by atoms with E-state index in [0.717, 1.165) is 0 Å². The average Bonchev–Trinajstić information content (AvgIpc) is 2.35. The van der Waals surface area contributed by atoms with Gasteiger partial charge in [0.2, 0.25) is 0 Å². The van der Waals surface area contributed by atoms with Crippen molar-refractivity contribution in [3.8, 4) is 0 Å². The summed E-state index contributed by atoms with van der Waals surface area (Å²) >= 11 is 0. The number of ether oxygens (including phenoxy) is 1. The van der Waals surface area contributed by atoms with Crippen molar-refractivity contribution in [2.45, 2.75) is 0 Å². The van der Waals surface area contributed by atoms with E-state index in [2.05, 4.69) is 4.74 Å². The molecule has 1 rings (SSSR count). The number of furan rings is 1. The van der Waals surface area contributed by atoms with Gasteiger partial charge in [-0.15, -0.1) is 0 Å². The molecule has 0 spiro atoms. The summed E-state index contributed by atoms with van der Waals surface area (Å²) < 4.78 is 9.24. The van der Waals surface area contributed by atoms with Gasteiger partial charge in [-0.3, -0.25) is 10.8 Å². The normalized spacial score (nSPS) is 9.09. The first-order valence-electron chi connectivity index (χ1n) is 2.84. The van der Waals surface area contributed by atoms with Crippen LogP contribution in [0.2, 0.25) is 0 Å². The van der Waals surface area contributed by atoms with Gasteiger partial charge in [0.25, 0.3) is 11.9 Å². The quantitative estimate of drug-likeness (QED) is 0.405. The fourth-order valence-electron chi connectivity index (χ4n) is 0.568. The summed E-state index contributed by atoms with van der Waals surface area (Å²) in [6, 6.07) is 2.64. The van der Waals surface area contributed by atoms with Crippen molar-refractivity contribution < 1.29 is 9.15 Å². The van der Waals surface area contributed by atoms with Gasteiger partial charge in [0.1, 0.15) is 0 Å². The lowest BCUT2D eigenvalue weighted by Gasteiger charge is -1.99. The van der Waals surface area contributed by atoms with Crippen LogP contribution in [0.4, 0.5) is 0 Å². The molecule has 1 aromatic rings. The molecule has 0 bridgehead atoms. The van der Waals surface area contributed by atoms with E-state index in [9.17, 15) is 0 Å². The number of nitrogens with two attached hydrogens (primary N) is 1. The predicted octanol–water partition coefficient (Wildman–Crippen LogP) is 0.515. The zero-order valence-corrected chi connectivity index (χ0v) is 5.63. The molecule has 5 nitrogen and oxygen atoms in total. The van der Waals surface area contributed by atoms with Gasteiger partial charge in [-0.25, -0.2) is 0 Å². The van der Waals surface area contributed by atoms with Crippen LogP contribution in [0.25, 0.3) is 0 Å². The van der Waals surface area contributed by atoms with Crippen LogP contribution in [0.5, 0.6) is 0 Å². The molecule has 0 fully saturated rings. The zero-order chi connectivity index (χ0) is 8.27. The third-order valence-corrected chi connectivity index (χ3v) is 0.957. The number of nitrogens with one attached hydrogen (secondary N) is 2. The highest BCUT2D eigenvalue weighted by Crippen LogP contribution is 2.01. The summed E-state index contributed by atoms with van der Waals surface area (Å²) in [7, 11) is 0. The van der Waals surface area contributed by atoms with E-state index in [4.69, 9.17) is 21.0 Å². The van der Waals surface area contributed by atoms with Gasteiger partial charge >= 0.3 is 0 Å². The number of amidine groups is 1. The molecule has 1 aromatic heterocycles. The Morgan fingerprint density at radius 1 is 1.55 bits per heavy atom. The van der Waals surface area contributed by atoms with E-state index in [1.54, 1.807) is 12.1 Å². The monoisotopic (exact) mass is 153 g/mol. The molecule has 5 heteroatoms. The molecule has 0 aliphatic heterocycles. The van der Waals surface area contributed by atoms with Crippen LogP contribution >= 0.6 is 0 Å². The van der Waals surface area contributed by atoms with Gasteiger partial charge in [-0.05, 0) is 12.1 Å². The van der Waals surface area contributed by atoms with Gasteiger partial charge in [-0.2, -0.15) is 0 Å². The van der Waals surface area contributed by atoms with Crippen LogP contribution < -0.4 is 5.73 Å². The molecule has 1 heterocycles. The summed E-state index contributed by atoms with van der Waals surface area (Å²) in [5.41, 5.74) is 4.88. The minimum Gasteiger partial charge on any atom is -0.459 e. The Morgan fingerprint density at radius 2 is 2.27 bits per heavy atom. The van der Waals surface area contributed by atoms with E-state index in [0.29, 0.717) is 0 Å². The van der Waals surface area contributed by atoms with Crippen LogP contribution in [0.15, 0.2) is 22.8 Å². The van der Waals surface area contributed by atoms with Crippen LogP contribution in [0.3, 0.4) is 0 Å². The molecule has 4 N–H and O–H groups in total. The van der Waals surface area contributed by atoms with E-state index in [1.165, 1.54) is 6.26 Å². The Bertz CT molecular complexity index is 265. The highest BCUT2D eigenvalue weighted by Gasteiger charge is 2.05. The Kier molecular flexibility index (Phi) is 1.91. The van der Waals surface area contributed by atoms with E-state index < -0.39 is 6.02 Å². The molecule has 0 radical (unpaired) electrons. The SMILES string of the molecule is N=C(N)OC(=N)c1ccco1. The fourth-order valence-corrected chi connectivity index (χ4v) is 0.568. The van der Waals surface area contributed by atoms with Crippen LogP contribution in [0.1, 0.15) is 5.76 Å². The highest BCUT2D eigenvalue weighted by molar-refractivity contribution is 5.96. The van der Waals surface area contributed by atoms with Gasteiger partial charge in [-0.1, -0.05) is 0 Å². The lowest BCUT2D eigenvalue weighted by Crippen LogP contribution is -2.18. The third-order valence-electron chi connectivity index (χ3n) is 0.957. The Morgan fingerprint density at radius 3 is 2.73 bits per heavy atom. The maximum absolute atomic E-state index is 7.14. The summed E-state index contributed by atoms with van der Waals surface area (Å²) in [5.74, 6) is -0.0114.